The van der Waals surface area contributed by atoms with E-state index in [9.17, 15) is 0 Å². The molecule has 1 heterocycles. The maximum absolute atomic E-state index is 6.04. The van der Waals surface area contributed by atoms with Crippen molar-refractivity contribution in [3.05, 3.63) is 40.7 Å². The van der Waals surface area contributed by atoms with E-state index in [1.807, 2.05) is 19.9 Å². The first-order chi connectivity index (χ1) is 6.06. The van der Waals surface area contributed by atoms with Gasteiger partial charge < -0.3 is 5.73 Å². The number of pyridine rings is 1. The summed E-state index contributed by atoms with van der Waals surface area (Å²) < 4.78 is 0. The Morgan fingerprint density at radius 2 is 2.23 bits per heavy atom. The van der Waals surface area contributed by atoms with Gasteiger partial charge in [0.1, 0.15) is 0 Å². The van der Waals surface area contributed by atoms with Gasteiger partial charge >= 0.3 is 0 Å². The summed E-state index contributed by atoms with van der Waals surface area (Å²) in [6.45, 7) is 7.44. The van der Waals surface area contributed by atoms with E-state index < -0.39 is 0 Å². The van der Waals surface area contributed by atoms with Crippen molar-refractivity contribution >= 4 is 11.6 Å². The molecule has 0 amide bonds. The van der Waals surface area contributed by atoms with Crippen LogP contribution in [0.5, 0.6) is 0 Å². The van der Waals surface area contributed by atoms with Crippen LogP contribution in [0.15, 0.2) is 18.7 Å². The van der Waals surface area contributed by atoms with Gasteiger partial charge in [-0.05, 0) is 19.9 Å². The van der Waals surface area contributed by atoms with Gasteiger partial charge in [-0.25, -0.2) is 0 Å². The molecule has 0 saturated heterocycles. The summed E-state index contributed by atoms with van der Waals surface area (Å²) in [5, 5.41) is 0.664. The molecule has 1 aromatic heterocycles. The van der Waals surface area contributed by atoms with E-state index in [-0.39, 0.29) is 6.04 Å². The van der Waals surface area contributed by atoms with E-state index in [1.165, 1.54) is 0 Å². The Bertz CT molecular complexity index is 311. The van der Waals surface area contributed by atoms with E-state index in [4.69, 9.17) is 17.3 Å². The minimum absolute atomic E-state index is 0.236. The Hall–Kier alpha value is -0.860. The number of hydrogen-bond acceptors (Lipinski definition) is 2. The summed E-state index contributed by atoms with van der Waals surface area (Å²) in [6.07, 6.45) is 1.66. The minimum atomic E-state index is -0.236. The second-order valence-electron chi connectivity index (χ2n) is 3.01. The molecule has 1 rings (SSSR count). The number of aromatic nitrogens is 1. The molecule has 0 unspecified atom stereocenters. The summed E-state index contributed by atoms with van der Waals surface area (Å²) in [6, 6.07) is 1.58. The standard InChI is InChI=1S/C10H13ClN2/c1-4-9(12)10-7(3)13-6(2)5-8(10)11/h4-5,9H,1,12H2,2-3H3/t9-/m1/s1. The van der Waals surface area contributed by atoms with Gasteiger partial charge in [0, 0.05) is 22.0 Å². The van der Waals surface area contributed by atoms with Crippen LogP contribution >= 0.6 is 11.6 Å². The lowest BCUT2D eigenvalue weighted by Gasteiger charge is -2.12. The van der Waals surface area contributed by atoms with E-state index in [2.05, 4.69) is 11.6 Å². The van der Waals surface area contributed by atoms with Gasteiger partial charge in [0.25, 0.3) is 0 Å². The third-order valence-electron chi connectivity index (χ3n) is 1.91. The fraction of sp³-hybridized carbons (Fsp3) is 0.300. The summed E-state index contributed by atoms with van der Waals surface area (Å²) in [5.41, 5.74) is 8.44. The van der Waals surface area contributed by atoms with Crippen LogP contribution < -0.4 is 5.73 Å². The average molecular weight is 197 g/mol. The molecule has 0 radical (unpaired) electrons. The first-order valence-electron chi connectivity index (χ1n) is 4.08. The van der Waals surface area contributed by atoms with Crippen LogP contribution in [0.2, 0.25) is 5.02 Å². The van der Waals surface area contributed by atoms with E-state index in [1.54, 1.807) is 6.08 Å². The number of aryl methyl sites for hydroxylation is 2. The maximum Gasteiger partial charge on any atom is 0.0511 e. The van der Waals surface area contributed by atoms with Crippen molar-refractivity contribution in [3.8, 4) is 0 Å². The molecule has 0 aliphatic carbocycles. The smallest absolute Gasteiger partial charge is 0.0511 e. The van der Waals surface area contributed by atoms with Crippen molar-refractivity contribution in [2.75, 3.05) is 0 Å². The van der Waals surface area contributed by atoms with Gasteiger partial charge in [-0.15, -0.1) is 6.58 Å². The summed E-state index contributed by atoms with van der Waals surface area (Å²) in [4.78, 5) is 4.29. The topological polar surface area (TPSA) is 38.9 Å². The molecule has 0 fully saturated rings. The molecule has 70 valence electrons. The number of hydrogen-bond donors (Lipinski definition) is 1. The van der Waals surface area contributed by atoms with Crippen LogP contribution in [0.3, 0.4) is 0 Å². The first kappa shape index (κ1) is 10.2. The molecular weight excluding hydrogens is 184 g/mol. The van der Waals surface area contributed by atoms with E-state index in [0.29, 0.717) is 5.02 Å². The summed E-state index contributed by atoms with van der Waals surface area (Å²) in [7, 11) is 0. The zero-order valence-electron chi connectivity index (χ0n) is 7.84. The first-order valence-corrected chi connectivity index (χ1v) is 4.46. The fourth-order valence-corrected chi connectivity index (χ4v) is 1.73. The van der Waals surface area contributed by atoms with Crippen molar-refractivity contribution in [3.63, 3.8) is 0 Å². The molecule has 1 aromatic rings. The lowest BCUT2D eigenvalue weighted by molar-refractivity contribution is 0.879. The van der Waals surface area contributed by atoms with Crippen LogP contribution in [0, 0.1) is 13.8 Å². The van der Waals surface area contributed by atoms with E-state index in [0.717, 1.165) is 17.0 Å². The molecule has 0 saturated carbocycles. The molecule has 0 bridgehead atoms. The Kier molecular flexibility index (Phi) is 3.07. The van der Waals surface area contributed by atoms with Crippen LogP contribution in [0.25, 0.3) is 0 Å². The second kappa shape index (κ2) is 3.90. The number of nitrogens with two attached hydrogens (primary N) is 1. The zero-order chi connectivity index (χ0) is 10.0. The largest absolute Gasteiger partial charge is 0.321 e. The highest BCUT2D eigenvalue weighted by atomic mass is 35.5. The zero-order valence-corrected chi connectivity index (χ0v) is 8.60. The summed E-state index contributed by atoms with van der Waals surface area (Å²) in [5.74, 6) is 0. The van der Waals surface area contributed by atoms with Crippen molar-refractivity contribution in [1.29, 1.82) is 0 Å². The third-order valence-corrected chi connectivity index (χ3v) is 2.23. The number of nitrogens with zero attached hydrogens (tertiary/aromatic N) is 1. The van der Waals surface area contributed by atoms with E-state index >= 15 is 0 Å². The lowest BCUT2D eigenvalue weighted by Crippen LogP contribution is -2.10. The predicted octanol–water partition coefficient (Wildman–Crippen LogP) is 2.54. The highest BCUT2D eigenvalue weighted by Gasteiger charge is 2.11. The van der Waals surface area contributed by atoms with Crippen LogP contribution in [-0.4, -0.2) is 4.98 Å². The van der Waals surface area contributed by atoms with Gasteiger partial charge in [0.05, 0.1) is 6.04 Å². The van der Waals surface area contributed by atoms with Crippen molar-refractivity contribution < 1.29 is 0 Å². The monoisotopic (exact) mass is 196 g/mol. The predicted molar refractivity (Wildman–Crippen MR) is 55.8 cm³/mol. The molecule has 0 aromatic carbocycles. The quantitative estimate of drug-likeness (QED) is 0.739. The molecule has 0 spiro atoms. The highest BCUT2D eigenvalue weighted by molar-refractivity contribution is 6.31. The average Bonchev–Trinajstić information content (AvgIpc) is 2.02. The molecular formula is C10H13ClN2. The van der Waals surface area contributed by atoms with Crippen LogP contribution in [0.4, 0.5) is 0 Å². The number of halogens is 1. The van der Waals surface area contributed by atoms with Gasteiger partial charge in [0.2, 0.25) is 0 Å². The second-order valence-corrected chi connectivity index (χ2v) is 3.41. The van der Waals surface area contributed by atoms with Gasteiger partial charge in [0.15, 0.2) is 0 Å². The van der Waals surface area contributed by atoms with Crippen molar-refractivity contribution in [2.45, 2.75) is 19.9 Å². The molecule has 2 nitrogen and oxygen atoms in total. The Balaban J connectivity index is 3.28. The molecule has 1 atom stereocenters. The normalized spacial score (nSPS) is 12.6. The lowest BCUT2D eigenvalue weighted by atomic mass is 10.1. The SMILES string of the molecule is C=C[C@@H](N)c1c(Cl)cc(C)nc1C. The molecule has 3 heteroatoms. The molecule has 0 aliphatic heterocycles. The molecule has 0 aliphatic rings. The van der Waals surface area contributed by atoms with Gasteiger partial charge in [-0.2, -0.15) is 0 Å². The Morgan fingerprint density at radius 3 is 2.69 bits per heavy atom. The van der Waals surface area contributed by atoms with Crippen LogP contribution in [-0.2, 0) is 0 Å². The maximum atomic E-state index is 6.04. The molecule has 13 heavy (non-hydrogen) atoms. The van der Waals surface area contributed by atoms with Crippen LogP contribution in [0.1, 0.15) is 23.0 Å². The molecule has 2 N–H and O–H groups in total. The summed E-state index contributed by atoms with van der Waals surface area (Å²) >= 11 is 6.04. The van der Waals surface area contributed by atoms with Gasteiger partial charge in [-0.3, -0.25) is 4.98 Å². The highest BCUT2D eigenvalue weighted by Crippen LogP contribution is 2.25. The fourth-order valence-electron chi connectivity index (χ4n) is 1.31. The third kappa shape index (κ3) is 2.08. The number of rotatable bonds is 2. The Morgan fingerprint density at radius 1 is 1.62 bits per heavy atom. The van der Waals surface area contributed by atoms with Gasteiger partial charge in [-0.1, -0.05) is 17.7 Å². The Labute approximate surface area is 83.4 Å². The van der Waals surface area contributed by atoms with Crippen molar-refractivity contribution in [2.24, 2.45) is 5.73 Å². The minimum Gasteiger partial charge on any atom is -0.321 e. The van der Waals surface area contributed by atoms with Crippen molar-refractivity contribution in [1.82, 2.24) is 4.98 Å².